The fraction of sp³-hybridized carbons (Fsp3) is 0.357. The van der Waals surface area contributed by atoms with Crippen LogP contribution >= 0.6 is 27.3 Å². The largest absolute Gasteiger partial charge is 0.438 e. The summed E-state index contributed by atoms with van der Waals surface area (Å²) in [6.45, 7) is 2.80. The molecule has 0 aromatic carbocycles. The van der Waals surface area contributed by atoms with Gasteiger partial charge >= 0.3 is 0 Å². The van der Waals surface area contributed by atoms with Crippen LogP contribution in [0.15, 0.2) is 37.6 Å². The van der Waals surface area contributed by atoms with Crippen LogP contribution in [0.4, 0.5) is 0 Å². The van der Waals surface area contributed by atoms with Crippen molar-refractivity contribution >= 4 is 43.2 Å². The van der Waals surface area contributed by atoms with Crippen molar-refractivity contribution in [3.63, 3.8) is 0 Å². The van der Waals surface area contributed by atoms with E-state index in [2.05, 4.69) is 20.8 Å². The molecule has 1 fully saturated rings. The number of nitrogens with two attached hydrogens (primary N) is 1. The van der Waals surface area contributed by atoms with Crippen molar-refractivity contribution in [1.82, 2.24) is 9.21 Å². The fourth-order valence-electron chi connectivity index (χ4n) is 2.49. The van der Waals surface area contributed by atoms with Crippen LogP contribution < -0.4 is 5.73 Å². The van der Waals surface area contributed by atoms with Gasteiger partial charge in [0.15, 0.2) is 5.76 Å². The molecule has 0 saturated carbocycles. The molecule has 1 saturated heterocycles. The van der Waals surface area contributed by atoms with E-state index in [-0.39, 0.29) is 10.9 Å². The first-order valence-corrected chi connectivity index (χ1v) is 10.3. The van der Waals surface area contributed by atoms with Crippen LogP contribution in [0.1, 0.15) is 15.4 Å². The van der Waals surface area contributed by atoms with E-state index in [1.807, 2.05) is 11.4 Å². The lowest BCUT2D eigenvalue weighted by molar-refractivity contribution is 0.0968. The lowest BCUT2D eigenvalue weighted by atomic mass is 10.3. The van der Waals surface area contributed by atoms with Crippen molar-refractivity contribution in [3.8, 4) is 0 Å². The number of rotatable bonds is 5. The Morgan fingerprint density at radius 3 is 2.50 bits per heavy atom. The third kappa shape index (κ3) is 3.57. The summed E-state index contributed by atoms with van der Waals surface area (Å²) in [6.07, 6.45) is 0. The molecule has 10 heteroatoms. The van der Waals surface area contributed by atoms with Gasteiger partial charge in [0.2, 0.25) is 5.09 Å². The van der Waals surface area contributed by atoms with Crippen LogP contribution in [0.2, 0.25) is 0 Å². The number of halogens is 1. The smallest absolute Gasteiger partial charge is 0.284 e. The number of sulfonamides is 1. The quantitative estimate of drug-likeness (QED) is 0.773. The molecule has 0 aliphatic carbocycles. The van der Waals surface area contributed by atoms with Crippen molar-refractivity contribution in [1.29, 1.82) is 0 Å². The van der Waals surface area contributed by atoms with Crippen LogP contribution in [-0.4, -0.2) is 49.7 Å². The zero-order valence-electron chi connectivity index (χ0n) is 12.6. The summed E-state index contributed by atoms with van der Waals surface area (Å²) in [6, 6.07) is 4.55. The topological polar surface area (TPSA) is 96.8 Å². The highest BCUT2D eigenvalue weighted by Crippen LogP contribution is 2.25. The molecule has 0 radical (unpaired) electrons. The average Bonchev–Trinajstić information content (AvgIpc) is 3.18. The molecule has 3 heterocycles. The predicted molar refractivity (Wildman–Crippen MR) is 93.3 cm³/mol. The second-order valence-electron chi connectivity index (χ2n) is 5.35. The minimum atomic E-state index is -3.74. The molecule has 0 bridgehead atoms. The van der Waals surface area contributed by atoms with Crippen molar-refractivity contribution in [2.45, 2.75) is 11.6 Å². The van der Waals surface area contributed by atoms with Crippen molar-refractivity contribution < 1.29 is 17.6 Å². The molecule has 130 valence electrons. The molecule has 1 amide bonds. The number of primary amides is 1. The molecular formula is C14H16BrN3O4S2. The molecule has 7 nitrogen and oxygen atoms in total. The number of furan rings is 1. The number of carbonyl (C=O) groups excluding carboxylic acids is 1. The number of thiophene rings is 1. The van der Waals surface area contributed by atoms with Gasteiger partial charge in [0.1, 0.15) is 0 Å². The number of amides is 1. The number of carbonyl (C=O) groups is 1. The minimum Gasteiger partial charge on any atom is -0.438 e. The van der Waals surface area contributed by atoms with E-state index in [0.29, 0.717) is 26.2 Å². The highest BCUT2D eigenvalue weighted by Gasteiger charge is 2.31. The predicted octanol–water partition coefficient (Wildman–Crippen LogP) is 1.71. The standard InChI is InChI=1S/C14H16BrN3O4S2/c15-10-3-8-23-12(10)9-17-4-6-18(7-5-17)24(20,21)13-2-1-11(22-13)14(16)19/h1-3,8H,4-7,9H2,(H2,16,19). The fourth-order valence-corrected chi connectivity index (χ4v) is 5.34. The Labute approximate surface area is 152 Å². The minimum absolute atomic E-state index is 0.158. The monoisotopic (exact) mass is 433 g/mol. The summed E-state index contributed by atoms with van der Waals surface area (Å²) in [7, 11) is -3.74. The Morgan fingerprint density at radius 1 is 1.25 bits per heavy atom. The van der Waals surface area contributed by atoms with Gasteiger partial charge in [0.25, 0.3) is 15.9 Å². The van der Waals surface area contributed by atoms with Crippen molar-refractivity contribution in [2.24, 2.45) is 5.73 Å². The summed E-state index contributed by atoms with van der Waals surface area (Å²) in [5, 5.41) is 1.78. The van der Waals surface area contributed by atoms with E-state index in [4.69, 9.17) is 10.2 Å². The molecule has 0 unspecified atom stereocenters. The van der Waals surface area contributed by atoms with Crippen LogP contribution in [0.5, 0.6) is 0 Å². The average molecular weight is 434 g/mol. The van der Waals surface area contributed by atoms with Gasteiger partial charge in [-0.1, -0.05) is 0 Å². The lowest BCUT2D eigenvalue weighted by Gasteiger charge is -2.33. The molecule has 24 heavy (non-hydrogen) atoms. The summed E-state index contributed by atoms with van der Waals surface area (Å²) in [5.41, 5.74) is 5.09. The van der Waals surface area contributed by atoms with Crippen molar-refractivity contribution in [2.75, 3.05) is 26.2 Å². The molecule has 0 spiro atoms. The van der Waals surface area contributed by atoms with E-state index < -0.39 is 15.9 Å². The van der Waals surface area contributed by atoms with Gasteiger partial charge in [-0.25, -0.2) is 8.42 Å². The van der Waals surface area contributed by atoms with Gasteiger partial charge in [0.05, 0.1) is 0 Å². The number of piperazine rings is 1. The summed E-state index contributed by atoms with van der Waals surface area (Å²) in [4.78, 5) is 14.5. The van der Waals surface area contributed by atoms with Gasteiger partial charge in [-0.3, -0.25) is 9.69 Å². The zero-order valence-corrected chi connectivity index (χ0v) is 15.9. The highest BCUT2D eigenvalue weighted by molar-refractivity contribution is 9.10. The molecule has 2 aromatic rings. The number of nitrogens with zero attached hydrogens (tertiary/aromatic N) is 2. The van der Waals surface area contributed by atoms with E-state index in [1.54, 1.807) is 11.3 Å². The molecule has 1 aliphatic heterocycles. The van der Waals surface area contributed by atoms with Gasteiger partial charge in [-0.05, 0) is 39.5 Å². The van der Waals surface area contributed by atoms with Crippen LogP contribution in [0, 0.1) is 0 Å². The molecule has 0 atom stereocenters. The highest BCUT2D eigenvalue weighted by atomic mass is 79.9. The second-order valence-corrected chi connectivity index (χ2v) is 9.08. The van der Waals surface area contributed by atoms with Gasteiger partial charge in [-0.2, -0.15) is 4.31 Å². The normalized spacial score (nSPS) is 17.2. The van der Waals surface area contributed by atoms with Gasteiger partial charge < -0.3 is 10.2 Å². The molecule has 3 rings (SSSR count). The van der Waals surface area contributed by atoms with Crippen LogP contribution in [0.3, 0.4) is 0 Å². The number of hydrogen-bond donors (Lipinski definition) is 1. The van der Waals surface area contributed by atoms with Gasteiger partial charge in [-0.15, -0.1) is 11.3 Å². The molecule has 1 aliphatic rings. The summed E-state index contributed by atoms with van der Waals surface area (Å²) in [5.74, 6) is -0.947. The maximum Gasteiger partial charge on any atom is 0.284 e. The Hall–Kier alpha value is -1.20. The Morgan fingerprint density at radius 2 is 1.96 bits per heavy atom. The van der Waals surface area contributed by atoms with E-state index in [0.717, 1.165) is 11.0 Å². The van der Waals surface area contributed by atoms with Crippen LogP contribution in [-0.2, 0) is 16.6 Å². The summed E-state index contributed by atoms with van der Waals surface area (Å²) >= 11 is 5.18. The van der Waals surface area contributed by atoms with Crippen molar-refractivity contribution in [3.05, 3.63) is 38.7 Å². The van der Waals surface area contributed by atoms with E-state index in [9.17, 15) is 13.2 Å². The Kier molecular flexibility index (Phi) is 5.11. The first-order valence-electron chi connectivity index (χ1n) is 7.22. The first kappa shape index (κ1) is 17.6. The number of hydrogen-bond acceptors (Lipinski definition) is 6. The molecule has 2 N–H and O–H groups in total. The lowest BCUT2D eigenvalue weighted by Crippen LogP contribution is -2.48. The molecule has 2 aromatic heterocycles. The third-order valence-corrected chi connectivity index (χ3v) is 7.49. The Balaban J connectivity index is 1.64. The zero-order chi connectivity index (χ0) is 17.3. The summed E-state index contributed by atoms with van der Waals surface area (Å²) < 4.78 is 32.6. The van der Waals surface area contributed by atoms with E-state index in [1.165, 1.54) is 21.3 Å². The maximum atomic E-state index is 12.6. The van der Waals surface area contributed by atoms with Crippen LogP contribution in [0.25, 0.3) is 0 Å². The third-order valence-electron chi connectivity index (χ3n) is 3.81. The Bertz CT molecular complexity index is 838. The SMILES string of the molecule is NC(=O)c1ccc(S(=O)(=O)N2CCN(Cc3sccc3Br)CC2)o1. The maximum absolute atomic E-state index is 12.6. The van der Waals surface area contributed by atoms with E-state index >= 15 is 0 Å². The van der Waals surface area contributed by atoms with Gasteiger partial charge in [0, 0.05) is 42.1 Å². The second kappa shape index (κ2) is 6.96. The molecular weight excluding hydrogens is 418 g/mol. The first-order chi connectivity index (χ1) is 11.4.